The van der Waals surface area contributed by atoms with Crippen molar-refractivity contribution in [3.05, 3.63) is 59.2 Å². The molecule has 2 N–H and O–H groups in total. The zero-order chi connectivity index (χ0) is 17.0. The molecule has 0 heterocycles. The summed E-state index contributed by atoms with van der Waals surface area (Å²) in [7, 11) is 0. The predicted octanol–water partition coefficient (Wildman–Crippen LogP) is 2.77. The van der Waals surface area contributed by atoms with E-state index in [1.165, 1.54) is 18.2 Å². The Balaban J connectivity index is 1.93. The first-order chi connectivity index (χ1) is 10.9. The number of phenols is 1. The van der Waals surface area contributed by atoms with Crippen LogP contribution in [0.1, 0.15) is 15.9 Å². The van der Waals surface area contributed by atoms with Crippen LogP contribution in [0.4, 0.5) is 14.5 Å². The number of aryl methyl sites for hydroxylation is 1. The van der Waals surface area contributed by atoms with E-state index in [0.29, 0.717) is 0 Å². The average molecular weight is 321 g/mol. The number of phenolic OH excluding ortho intramolecular Hbond substituents is 1. The van der Waals surface area contributed by atoms with Crippen LogP contribution in [0.15, 0.2) is 36.4 Å². The molecular weight excluding hydrogens is 308 g/mol. The highest BCUT2D eigenvalue weighted by atomic mass is 19.2. The number of halogens is 2. The SMILES string of the molecule is Cc1ccc(C(=O)OCC(=O)Nc2ccc(F)c(F)c2)c(O)c1. The number of hydrogen-bond acceptors (Lipinski definition) is 4. The van der Waals surface area contributed by atoms with Crippen LogP contribution in [0, 0.1) is 18.6 Å². The molecule has 0 bridgehead atoms. The molecule has 0 aliphatic rings. The van der Waals surface area contributed by atoms with E-state index in [1.807, 2.05) is 0 Å². The molecule has 0 fully saturated rings. The van der Waals surface area contributed by atoms with Crippen molar-refractivity contribution in [1.82, 2.24) is 0 Å². The van der Waals surface area contributed by atoms with Gasteiger partial charge in [0.25, 0.3) is 5.91 Å². The Morgan fingerprint density at radius 1 is 1.13 bits per heavy atom. The number of esters is 1. The zero-order valence-electron chi connectivity index (χ0n) is 12.1. The molecule has 0 aromatic heterocycles. The van der Waals surface area contributed by atoms with E-state index in [0.717, 1.165) is 17.7 Å². The van der Waals surface area contributed by atoms with Gasteiger partial charge in [0.2, 0.25) is 0 Å². The van der Waals surface area contributed by atoms with E-state index in [-0.39, 0.29) is 17.0 Å². The summed E-state index contributed by atoms with van der Waals surface area (Å²) in [6.07, 6.45) is 0. The van der Waals surface area contributed by atoms with Crippen molar-refractivity contribution in [2.45, 2.75) is 6.92 Å². The number of aromatic hydroxyl groups is 1. The van der Waals surface area contributed by atoms with Crippen LogP contribution in [0.2, 0.25) is 0 Å². The maximum absolute atomic E-state index is 13.0. The second-order valence-electron chi connectivity index (χ2n) is 4.77. The Hall–Kier alpha value is -2.96. The van der Waals surface area contributed by atoms with E-state index in [4.69, 9.17) is 4.74 Å². The second-order valence-corrected chi connectivity index (χ2v) is 4.77. The average Bonchev–Trinajstić information content (AvgIpc) is 2.48. The van der Waals surface area contributed by atoms with Crippen molar-refractivity contribution in [3.63, 3.8) is 0 Å². The van der Waals surface area contributed by atoms with Crippen LogP contribution in [0.25, 0.3) is 0 Å². The van der Waals surface area contributed by atoms with Gasteiger partial charge in [0.1, 0.15) is 11.3 Å². The van der Waals surface area contributed by atoms with Gasteiger partial charge in [-0.2, -0.15) is 0 Å². The summed E-state index contributed by atoms with van der Waals surface area (Å²) in [4.78, 5) is 23.4. The standard InChI is InChI=1S/C16H13F2NO4/c1-9-2-4-11(14(20)6-9)16(22)23-8-15(21)19-10-3-5-12(17)13(18)7-10/h2-7,20H,8H2,1H3,(H,19,21). The van der Waals surface area contributed by atoms with E-state index in [2.05, 4.69) is 5.32 Å². The van der Waals surface area contributed by atoms with Crippen LogP contribution in [0.5, 0.6) is 5.75 Å². The molecule has 0 saturated heterocycles. The lowest BCUT2D eigenvalue weighted by Crippen LogP contribution is -2.21. The lowest BCUT2D eigenvalue weighted by molar-refractivity contribution is -0.119. The lowest BCUT2D eigenvalue weighted by atomic mass is 10.1. The number of hydrogen-bond donors (Lipinski definition) is 2. The molecule has 2 aromatic carbocycles. The van der Waals surface area contributed by atoms with Gasteiger partial charge < -0.3 is 15.2 Å². The van der Waals surface area contributed by atoms with Gasteiger partial charge in [-0.1, -0.05) is 6.07 Å². The summed E-state index contributed by atoms with van der Waals surface area (Å²) in [6, 6.07) is 7.21. The highest BCUT2D eigenvalue weighted by molar-refractivity contribution is 5.96. The van der Waals surface area contributed by atoms with Crippen LogP contribution in [0.3, 0.4) is 0 Å². The maximum atomic E-state index is 13.0. The number of nitrogens with one attached hydrogen (secondary N) is 1. The third kappa shape index (κ3) is 4.26. The molecule has 0 aliphatic heterocycles. The molecule has 0 radical (unpaired) electrons. The molecule has 2 rings (SSSR count). The van der Waals surface area contributed by atoms with E-state index < -0.39 is 30.1 Å². The summed E-state index contributed by atoms with van der Waals surface area (Å²) < 4.78 is 30.5. The fourth-order valence-electron chi connectivity index (χ4n) is 1.79. The van der Waals surface area contributed by atoms with Crippen LogP contribution >= 0.6 is 0 Å². The summed E-state index contributed by atoms with van der Waals surface area (Å²) in [5.74, 6) is -4.00. The third-order valence-electron chi connectivity index (χ3n) is 2.91. The molecule has 23 heavy (non-hydrogen) atoms. The number of rotatable bonds is 4. The number of amides is 1. The first-order valence-corrected chi connectivity index (χ1v) is 6.58. The Kier molecular flexibility index (Phi) is 4.90. The first kappa shape index (κ1) is 16.4. The molecular formula is C16H13F2NO4. The molecule has 5 nitrogen and oxygen atoms in total. The van der Waals surface area contributed by atoms with Crippen molar-refractivity contribution in [1.29, 1.82) is 0 Å². The number of carbonyl (C=O) groups excluding carboxylic acids is 2. The van der Waals surface area contributed by atoms with Gasteiger partial charge in [-0.25, -0.2) is 13.6 Å². The minimum atomic E-state index is -1.11. The highest BCUT2D eigenvalue weighted by Crippen LogP contribution is 2.19. The summed E-state index contributed by atoms with van der Waals surface area (Å²) >= 11 is 0. The molecule has 1 amide bonds. The fourth-order valence-corrected chi connectivity index (χ4v) is 1.79. The summed E-state index contributed by atoms with van der Waals surface area (Å²) in [5.41, 5.74) is 0.717. The number of ether oxygens (including phenoxy) is 1. The van der Waals surface area contributed by atoms with Crippen LogP contribution in [-0.4, -0.2) is 23.6 Å². The van der Waals surface area contributed by atoms with Crippen LogP contribution in [-0.2, 0) is 9.53 Å². The monoisotopic (exact) mass is 321 g/mol. The van der Waals surface area contributed by atoms with Crippen molar-refractivity contribution in [3.8, 4) is 5.75 Å². The van der Waals surface area contributed by atoms with Crippen molar-refractivity contribution >= 4 is 17.6 Å². The van der Waals surface area contributed by atoms with Crippen molar-refractivity contribution in [2.24, 2.45) is 0 Å². The van der Waals surface area contributed by atoms with Gasteiger partial charge in [-0.15, -0.1) is 0 Å². The Morgan fingerprint density at radius 2 is 1.87 bits per heavy atom. The first-order valence-electron chi connectivity index (χ1n) is 6.58. The predicted molar refractivity (Wildman–Crippen MR) is 78.1 cm³/mol. The smallest absolute Gasteiger partial charge is 0.342 e. The topological polar surface area (TPSA) is 75.6 Å². The number of carbonyl (C=O) groups is 2. The zero-order valence-corrected chi connectivity index (χ0v) is 12.1. The third-order valence-corrected chi connectivity index (χ3v) is 2.91. The van der Waals surface area contributed by atoms with Gasteiger partial charge >= 0.3 is 5.97 Å². The van der Waals surface area contributed by atoms with E-state index >= 15 is 0 Å². The molecule has 0 atom stereocenters. The number of anilines is 1. The van der Waals surface area contributed by atoms with Gasteiger partial charge in [0.15, 0.2) is 18.2 Å². The number of benzene rings is 2. The fraction of sp³-hybridized carbons (Fsp3) is 0.125. The second kappa shape index (κ2) is 6.87. The molecule has 0 unspecified atom stereocenters. The minimum Gasteiger partial charge on any atom is -0.507 e. The van der Waals surface area contributed by atoms with E-state index in [9.17, 15) is 23.5 Å². The minimum absolute atomic E-state index is 0.0307. The lowest BCUT2D eigenvalue weighted by Gasteiger charge is -2.08. The largest absolute Gasteiger partial charge is 0.507 e. The van der Waals surface area contributed by atoms with Gasteiger partial charge in [0, 0.05) is 11.8 Å². The molecule has 0 saturated carbocycles. The normalized spacial score (nSPS) is 10.2. The summed E-state index contributed by atoms with van der Waals surface area (Å²) in [6.45, 7) is 1.11. The highest BCUT2D eigenvalue weighted by Gasteiger charge is 2.14. The molecule has 2 aromatic rings. The molecule has 120 valence electrons. The van der Waals surface area contributed by atoms with E-state index in [1.54, 1.807) is 13.0 Å². The van der Waals surface area contributed by atoms with Crippen molar-refractivity contribution in [2.75, 3.05) is 11.9 Å². The van der Waals surface area contributed by atoms with Gasteiger partial charge in [0.05, 0.1) is 0 Å². The Labute approximate surface area is 130 Å². The quantitative estimate of drug-likeness (QED) is 0.849. The summed E-state index contributed by atoms with van der Waals surface area (Å²) in [5, 5.41) is 11.9. The van der Waals surface area contributed by atoms with Crippen LogP contribution < -0.4 is 5.32 Å². The Morgan fingerprint density at radius 3 is 2.52 bits per heavy atom. The van der Waals surface area contributed by atoms with Gasteiger partial charge in [-0.05, 0) is 36.8 Å². The Bertz CT molecular complexity index is 762. The molecule has 0 aliphatic carbocycles. The molecule has 7 heteroatoms. The van der Waals surface area contributed by atoms with Gasteiger partial charge in [-0.3, -0.25) is 4.79 Å². The van der Waals surface area contributed by atoms with Crippen molar-refractivity contribution < 1.29 is 28.2 Å². The molecule has 0 spiro atoms. The maximum Gasteiger partial charge on any atom is 0.342 e.